The van der Waals surface area contributed by atoms with Gasteiger partial charge in [0.1, 0.15) is 5.82 Å². The van der Waals surface area contributed by atoms with Gasteiger partial charge in [-0.25, -0.2) is 4.98 Å². The Morgan fingerprint density at radius 2 is 2.00 bits per heavy atom. The van der Waals surface area contributed by atoms with E-state index in [2.05, 4.69) is 55.2 Å². The summed E-state index contributed by atoms with van der Waals surface area (Å²) in [5.41, 5.74) is 12.6. The summed E-state index contributed by atoms with van der Waals surface area (Å²) in [5.74, 6) is 0.924. The van der Waals surface area contributed by atoms with Crippen molar-refractivity contribution in [3.8, 4) is 11.4 Å². The molecule has 0 aliphatic heterocycles. The molecule has 1 aromatic heterocycles. The van der Waals surface area contributed by atoms with Gasteiger partial charge in [0.2, 0.25) is 0 Å². The molecule has 0 amide bonds. The molecule has 0 saturated carbocycles. The molecule has 3 nitrogen and oxygen atoms in total. The fourth-order valence-electron chi connectivity index (χ4n) is 2.65. The normalized spacial score (nSPS) is 11.2. The van der Waals surface area contributed by atoms with Crippen molar-refractivity contribution >= 4 is 11.0 Å². The first kappa shape index (κ1) is 12.9. The van der Waals surface area contributed by atoms with E-state index in [-0.39, 0.29) is 0 Å². The van der Waals surface area contributed by atoms with Gasteiger partial charge >= 0.3 is 0 Å². The quantitative estimate of drug-likeness (QED) is 0.763. The van der Waals surface area contributed by atoms with Crippen molar-refractivity contribution < 1.29 is 0 Å². The number of hydrogen-bond donors (Lipinski definition) is 2. The summed E-state index contributed by atoms with van der Waals surface area (Å²) in [6, 6.07) is 12.7. The molecular weight excluding hydrogens is 246 g/mol. The molecule has 3 N–H and O–H groups in total. The number of aryl methyl sites for hydroxylation is 2. The number of rotatable bonds is 3. The molecular formula is C17H19N3. The summed E-state index contributed by atoms with van der Waals surface area (Å²) >= 11 is 0. The van der Waals surface area contributed by atoms with Crippen LogP contribution in [0.2, 0.25) is 0 Å². The standard InChI is InChI=1S/C17H19N3/c1-11-8-12(2)16-15(9-11)19-17(20-16)14-5-3-4-13(10-14)6-7-18/h3-5,8-10H,6-7,18H2,1-2H3,(H,19,20). The zero-order chi connectivity index (χ0) is 14.1. The maximum absolute atomic E-state index is 5.62. The number of benzene rings is 2. The third-order valence-electron chi connectivity index (χ3n) is 3.55. The summed E-state index contributed by atoms with van der Waals surface area (Å²) in [4.78, 5) is 8.16. The Morgan fingerprint density at radius 3 is 2.80 bits per heavy atom. The van der Waals surface area contributed by atoms with E-state index >= 15 is 0 Å². The molecule has 3 rings (SSSR count). The molecule has 0 unspecified atom stereocenters. The average Bonchev–Trinajstić information content (AvgIpc) is 2.83. The van der Waals surface area contributed by atoms with Crippen molar-refractivity contribution in [2.45, 2.75) is 20.3 Å². The topological polar surface area (TPSA) is 54.7 Å². The van der Waals surface area contributed by atoms with Gasteiger partial charge in [-0.05, 0) is 55.6 Å². The van der Waals surface area contributed by atoms with Gasteiger partial charge in [0.15, 0.2) is 0 Å². The van der Waals surface area contributed by atoms with Gasteiger partial charge in [0.25, 0.3) is 0 Å². The molecule has 1 heterocycles. The number of nitrogens with two attached hydrogens (primary N) is 1. The lowest BCUT2D eigenvalue weighted by Crippen LogP contribution is -2.02. The van der Waals surface area contributed by atoms with E-state index in [1.165, 1.54) is 16.7 Å². The first-order valence-electron chi connectivity index (χ1n) is 6.94. The van der Waals surface area contributed by atoms with Crippen molar-refractivity contribution in [2.24, 2.45) is 5.73 Å². The van der Waals surface area contributed by atoms with Gasteiger partial charge in [-0.2, -0.15) is 0 Å². The van der Waals surface area contributed by atoms with Gasteiger partial charge in [0, 0.05) is 5.56 Å². The van der Waals surface area contributed by atoms with Crippen LogP contribution in [0, 0.1) is 13.8 Å². The minimum Gasteiger partial charge on any atom is -0.338 e. The molecule has 0 atom stereocenters. The summed E-state index contributed by atoms with van der Waals surface area (Å²) in [7, 11) is 0. The van der Waals surface area contributed by atoms with Crippen molar-refractivity contribution in [3.05, 3.63) is 53.1 Å². The lowest BCUT2D eigenvalue weighted by Gasteiger charge is -2.01. The fraction of sp³-hybridized carbons (Fsp3) is 0.235. The largest absolute Gasteiger partial charge is 0.338 e. The van der Waals surface area contributed by atoms with Gasteiger partial charge in [-0.1, -0.05) is 24.3 Å². The summed E-state index contributed by atoms with van der Waals surface area (Å²) in [6.45, 7) is 4.88. The first-order chi connectivity index (χ1) is 9.67. The van der Waals surface area contributed by atoms with Gasteiger partial charge in [0.05, 0.1) is 11.0 Å². The van der Waals surface area contributed by atoms with E-state index in [1.807, 2.05) is 0 Å². The number of nitrogens with zero attached hydrogens (tertiary/aromatic N) is 1. The van der Waals surface area contributed by atoms with Crippen LogP contribution in [-0.2, 0) is 6.42 Å². The molecule has 2 aromatic carbocycles. The molecule has 102 valence electrons. The van der Waals surface area contributed by atoms with E-state index in [4.69, 9.17) is 10.7 Å². The van der Waals surface area contributed by atoms with Crippen LogP contribution in [0.15, 0.2) is 36.4 Å². The van der Waals surface area contributed by atoms with Crippen LogP contribution < -0.4 is 5.73 Å². The van der Waals surface area contributed by atoms with Crippen molar-refractivity contribution in [3.63, 3.8) is 0 Å². The Balaban J connectivity index is 2.10. The SMILES string of the molecule is Cc1cc(C)c2nc(-c3cccc(CCN)c3)[nH]c2c1. The van der Waals surface area contributed by atoms with E-state index in [9.17, 15) is 0 Å². The first-order valence-corrected chi connectivity index (χ1v) is 6.94. The molecule has 3 heteroatoms. The van der Waals surface area contributed by atoms with Crippen LogP contribution in [0.1, 0.15) is 16.7 Å². The van der Waals surface area contributed by atoms with Gasteiger partial charge in [-0.15, -0.1) is 0 Å². The molecule has 0 aliphatic carbocycles. The maximum Gasteiger partial charge on any atom is 0.138 e. The second-order valence-electron chi connectivity index (χ2n) is 5.30. The predicted molar refractivity (Wildman–Crippen MR) is 83.8 cm³/mol. The fourth-order valence-corrected chi connectivity index (χ4v) is 2.65. The molecule has 0 saturated heterocycles. The number of imidazole rings is 1. The van der Waals surface area contributed by atoms with Crippen molar-refractivity contribution in [1.82, 2.24) is 9.97 Å². The minimum absolute atomic E-state index is 0.669. The minimum atomic E-state index is 0.669. The molecule has 0 bridgehead atoms. The highest BCUT2D eigenvalue weighted by molar-refractivity contribution is 5.83. The smallest absolute Gasteiger partial charge is 0.138 e. The summed E-state index contributed by atoms with van der Waals surface area (Å²) in [6.07, 6.45) is 0.895. The second-order valence-corrected chi connectivity index (χ2v) is 5.30. The van der Waals surface area contributed by atoms with E-state index in [1.54, 1.807) is 0 Å². The third-order valence-corrected chi connectivity index (χ3v) is 3.55. The number of aromatic nitrogens is 2. The van der Waals surface area contributed by atoms with Crippen LogP contribution in [0.3, 0.4) is 0 Å². The van der Waals surface area contributed by atoms with Crippen LogP contribution >= 0.6 is 0 Å². The molecule has 0 spiro atoms. The molecule has 20 heavy (non-hydrogen) atoms. The van der Waals surface area contributed by atoms with Crippen LogP contribution in [0.4, 0.5) is 0 Å². The highest BCUT2D eigenvalue weighted by Gasteiger charge is 2.08. The Labute approximate surface area is 118 Å². The Hall–Kier alpha value is -2.13. The lowest BCUT2D eigenvalue weighted by atomic mass is 10.1. The Kier molecular flexibility index (Phi) is 3.28. The van der Waals surface area contributed by atoms with Crippen molar-refractivity contribution in [1.29, 1.82) is 0 Å². The van der Waals surface area contributed by atoms with E-state index in [0.29, 0.717) is 6.54 Å². The zero-order valence-corrected chi connectivity index (χ0v) is 11.9. The Bertz CT molecular complexity index is 756. The maximum atomic E-state index is 5.62. The number of aromatic amines is 1. The Morgan fingerprint density at radius 1 is 1.15 bits per heavy atom. The number of H-pyrrole nitrogens is 1. The monoisotopic (exact) mass is 265 g/mol. The summed E-state index contributed by atoms with van der Waals surface area (Å²) < 4.78 is 0. The molecule has 0 radical (unpaired) electrons. The van der Waals surface area contributed by atoms with Gasteiger partial charge in [-0.3, -0.25) is 0 Å². The van der Waals surface area contributed by atoms with E-state index < -0.39 is 0 Å². The van der Waals surface area contributed by atoms with Crippen LogP contribution in [-0.4, -0.2) is 16.5 Å². The average molecular weight is 265 g/mol. The van der Waals surface area contributed by atoms with Crippen molar-refractivity contribution in [2.75, 3.05) is 6.54 Å². The lowest BCUT2D eigenvalue weighted by molar-refractivity contribution is 0.969. The summed E-state index contributed by atoms with van der Waals surface area (Å²) in [5, 5.41) is 0. The predicted octanol–water partition coefficient (Wildman–Crippen LogP) is 3.35. The molecule has 0 aliphatic rings. The van der Waals surface area contributed by atoms with Crippen LogP contribution in [0.25, 0.3) is 22.4 Å². The number of hydrogen-bond acceptors (Lipinski definition) is 2. The van der Waals surface area contributed by atoms with Crippen LogP contribution in [0.5, 0.6) is 0 Å². The van der Waals surface area contributed by atoms with E-state index in [0.717, 1.165) is 28.8 Å². The van der Waals surface area contributed by atoms with Gasteiger partial charge < -0.3 is 10.7 Å². The highest BCUT2D eigenvalue weighted by Crippen LogP contribution is 2.24. The third kappa shape index (κ3) is 2.32. The zero-order valence-electron chi connectivity index (χ0n) is 11.9. The molecule has 0 fully saturated rings. The molecule has 3 aromatic rings. The number of nitrogens with one attached hydrogen (secondary N) is 1. The highest BCUT2D eigenvalue weighted by atomic mass is 14.9. The second kappa shape index (κ2) is 5.10. The number of fused-ring (bicyclic) bond motifs is 1.